The fourth-order valence-corrected chi connectivity index (χ4v) is 3.85. The summed E-state index contributed by atoms with van der Waals surface area (Å²) < 4.78 is 11.4. The maximum Gasteiger partial charge on any atom is 0.320 e. The van der Waals surface area contributed by atoms with Gasteiger partial charge in [-0.05, 0) is 25.1 Å². The zero-order chi connectivity index (χ0) is 23.2. The normalized spacial score (nSPS) is 14.4. The van der Waals surface area contributed by atoms with Crippen LogP contribution in [0.5, 0.6) is 6.01 Å². The van der Waals surface area contributed by atoms with E-state index in [0.717, 1.165) is 46.8 Å². The molecule has 174 valence electrons. The molecule has 2 N–H and O–H groups in total. The highest BCUT2D eigenvalue weighted by Gasteiger charge is 2.16. The van der Waals surface area contributed by atoms with Gasteiger partial charge in [0.25, 0.3) is 0 Å². The zero-order valence-electron chi connectivity index (χ0n) is 19.1. The molecule has 9 heteroatoms. The summed E-state index contributed by atoms with van der Waals surface area (Å²) in [6.07, 6.45) is 4.42. The monoisotopic (exact) mass is 457 g/mol. The molecule has 1 aliphatic heterocycles. The van der Waals surface area contributed by atoms with Crippen molar-refractivity contribution in [1.29, 1.82) is 0 Å². The van der Waals surface area contributed by atoms with Crippen molar-refractivity contribution >= 4 is 28.3 Å². The summed E-state index contributed by atoms with van der Waals surface area (Å²) in [5.41, 5.74) is 7.02. The number of anilines is 2. The molecule has 0 bridgehead atoms. The summed E-state index contributed by atoms with van der Waals surface area (Å²) in [5.74, 6) is 1.36. The molecule has 0 aliphatic carbocycles. The lowest BCUT2D eigenvalue weighted by atomic mass is 10.1. The van der Waals surface area contributed by atoms with E-state index < -0.39 is 0 Å². The average molecular weight is 458 g/mol. The number of morpholine rings is 1. The van der Waals surface area contributed by atoms with Crippen LogP contribution in [0, 0.1) is 0 Å². The molecule has 3 aromatic heterocycles. The van der Waals surface area contributed by atoms with Crippen molar-refractivity contribution in [3.05, 3.63) is 72.2 Å². The summed E-state index contributed by atoms with van der Waals surface area (Å²) in [6.45, 7) is 5.27. The van der Waals surface area contributed by atoms with E-state index >= 15 is 0 Å². The van der Waals surface area contributed by atoms with Crippen molar-refractivity contribution < 1.29 is 9.47 Å². The number of para-hydroxylation sites is 1. The van der Waals surface area contributed by atoms with E-state index in [-0.39, 0.29) is 0 Å². The second-order valence-electron chi connectivity index (χ2n) is 7.97. The highest BCUT2D eigenvalue weighted by Crippen LogP contribution is 2.22. The molecule has 0 saturated carbocycles. The molecule has 0 radical (unpaired) electrons. The van der Waals surface area contributed by atoms with Gasteiger partial charge in [-0.3, -0.25) is 10.4 Å². The van der Waals surface area contributed by atoms with E-state index in [9.17, 15) is 0 Å². The summed E-state index contributed by atoms with van der Waals surface area (Å²) in [4.78, 5) is 19.0. The van der Waals surface area contributed by atoms with E-state index in [1.54, 1.807) is 6.20 Å². The van der Waals surface area contributed by atoms with Crippen LogP contribution in [0.2, 0.25) is 0 Å². The third kappa shape index (κ3) is 5.15. The first-order valence-electron chi connectivity index (χ1n) is 11.4. The van der Waals surface area contributed by atoms with E-state index in [4.69, 9.17) is 9.47 Å². The van der Waals surface area contributed by atoms with Crippen LogP contribution in [0.25, 0.3) is 10.9 Å². The van der Waals surface area contributed by atoms with Crippen molar-refractivity contribution in [3.63, 3.8) is 0 Å². The lowest BCUT2D eigenvalue weighted by Crippen LogP contribution is -2.36. The van der Waals surface area contributed by atoms with Crippen LogP contribution in [0.15, 0.2) is 66.0 Å². The largest absolute Gasteiger partial charge is 0.463 e. The van der Waals surface area contributed by atoms with Crippen LogP contribution < -0.4 is 15.1 Å². The highest BCUT2D eigenvalue weighted by atomic mass is 16.5. The van der Waals surface area contributed by atoms with Crippen molar-refractivity contribution in [3.8, 4) is 6.01 Å². The lowest BCUT2D eigenvalue weighted by Gasteiger charge is -2.28. The number of rotatable bonds is 8. The Bertz CT molecular complexity index is 1270. The predicted octanol–water partition coefficient (Wildman–Crippen LogP) is 3.65. The molecule has 5 rings (SSSR count). The van der Waals surface area contributed by atoms with Gasteiger partial charge in [-0.1, -0.05) is 24.3 Å². The van der Waals surface area contributed by atoms with Gasteiger partial charge >= 0.3 is 6.01 Å². The van der Waals surface area contributed by atoms with E-state index in [0.29, 0.717) is 38.1 Å². The van der Waals surface area contributed by atoms with Gasteiger partial charge in [-0.2, -0.15) is 15.1 Å². The van der Waals surface area contributed by atoms with Gasteiger partial charge in [-0.25, -0.2) is 0 Å². The standard InChI is InChI=1S/C25H27N7O2/c1-18(21-17-27-22-8-3-2-7-20(21)22)30-31-23-16-24(32-11-14-33-15-12-32)29-25(28-23)34-13-9-19-6-4-5-10-26-19/h2-8,10,16-17,27H,9,11-15H2,1H3,(H,28,29,31)/b30-18-. The highest BCUT2D eigenvalue weighted by molar-refractivity contribution is 6.09. The number of fused-ring (bicyclic) bond motifs is 1. The average Bonchev–Trinajstić information content (AvgIpc) is 3.33. The number of hydrazone groups is 1. The molecule has 1 fully saturated rings. The number of nitrogens with zero attached hydrogens (tertiary/aromatic N) is 5. The Balaban J connectivity index is 1.35. The second-order valence-corrected chi connectivity index (χ2v) is 7.97. The topological polar surface area (TPSA) is 101 Å². The first kappa shape index (κ1) is 21.8. The smallest absolute Gasteiger partial charge is 0.320 e. The van der Waals surface area contributed by atoms with Gasteiger partial charge in [0.1, 0.15) is 5.82 Å². The van der Waals surface area contributed by atoms with Gasteiger partial charge in [-0.15, -0.1) is 0 Å². The van der Waals surface area contributed by atoms with Crippen molar-refractivity contribution in [1.82, 2.24) is 19.9 Å². The fraction of sp³-hybridized carbons (Fsp3) is 0.280. The molecule has 1 aliphatic rings. The molecular weight excluding hydrogens is 430 g/mol. The maximum atomic E-state index is 5.91. The van der Waals surface area contributed by atoms with Gasteiger partial charge in [0.2, 0.25) is 0 Å². The summed E-state index contributed by atoms with van der Waals surface area (Å²) in [6, 6.07) is 16.2. The first-order chi connectivity index (χ1) is 16.8. The number of nitrogens with one attached hydrogen (secondary N) is 2. The molecule has 1 saturated heterocycles. The number of hydrogen-bond acceptors (Lipinski definition) is 8. The number of ether oxygens (including phenoxy) is 2. The van der Waals surface area contributed by atoms with Gasteiger partial charge in [0.05, 0.1) is 25.5 Å². The predicted molar refractivity (Wildman–Crippen MR) is 133 cm³/mol. The van der Waals surface area contributed by atoms with Crippen LogP contribution >= 0.6 is 0 Å². The van der Waals surface area contributed by atoms with Crippen molar-refractivity contribution in [2.75, 3.05) is 43.2 Å². The Labute approximate surface area is 197 Å². The van der Waals surface area contributed by atoms with Crippen LogP contribution in [-0.2, 0) is 11.2 Å². The third-order valence-electron chi connectivity index (χ3n) is 5.66. The summed E-state index contributed by atoms with van der Waals surface area (Å²) >= 11 is 0. The molecular formula is C25H27N7O2. The van der Waals surface area contributed by atoms with Crippen LogP contribution in [0.1, 0.15) is 18.2 Å². The zero-order valence-corrected chi connectivity index (χ0v) is 19.1. The van der Waals surface area contributed by atoms with E-state index in [1.165, 1.54) is 0 Å². The second kappa shape index (κ2) is 10.3. The molecule has 34 heavy (non-hydrogen) atoms. The minimum atomic E-state index is 0.308. The van der Waals surface area contributed by atoms with Gasteiger partial charge < -0.3 is 19.4 Å². The number of benzene rings is 1. The third-order valence-corrected chi connectivity index (χ3v) is 5.66. The van der Waals surface area contributed by atoms with Crippen LogP contribution in [0.3, 0.4) is 0 Å². The molecule has 1 aromatic carbocycles. The van der Waals surface area contributed by atoms with Crippen LogP contribution in [-0.4, -0.2) is 58.6 Å². The molecule has 0 spiro atoms. The molecule has 4 aromatic rings. The van der Waals surface area contributed by atoms with E-state index in [1.807, 2.05) is 55.6 Å². The molecule has 0 unspecified atom stereocenters. The Kier molecular flexibility index (Phi) is 6.62. The van der Waals surface area contributed by atoms with Gasteiger partial charge in [0.15, 0.2) is 5.82 Å². The number of aromatic nitrogens is 4. The van der Waals surface area contributed by atoms with E-state index in [2.05, 4.69) is 41.4 Å². The molecule has 0 atom stereocenters. The number of aromatic amines is 1. The Morgan fingerprint density at radius 1 is 1.15 bits per heavy atom. The minimum Gasteiger partial charge on any atom is -0.463 e. The molecule has 4 heterocycles. The number of hydrogen-bond donors (Lipinski definition) is 2. The van der Waals surface area contributed by atoms with Gasteiger partial charge in [0, 0.05) is 60.1 Å². The Hall–Kier alpha value is -3.98. The number of pyridine rings is 1. The minimum absolute atomic E-state index is 0.308. The first-order valence-corrected chi connectivity index (χ1v) is 11.4. The Morgan fingerprint density at radius 3 is 2.85 bits per heavy atom. The lowest BCUT2D eigenvalue weighted by molar-refractivity contribution is 0.122. The quantitative estimate of drug-likeness (QED) is 0.308. The van der Waals surface area contributed by atoms with Crippen molar-refractivity contribution in [2.45, 2.75) is 13.3 Å². The molecule has 0 amide bonds. The van der Waals surface area contributed by atoms with Crippen LogP contribution in [0.4, 0.5) is 11.6 Å². The summed E-state index contributed by atoms with van der Waals surface area (Å²) in [5, 5.41) is 5.72. The summed E-state index contributed by atoms with van der Waals surface area (Å²) in [7, 11) is 0. The van der Waals surface area contributed by atoms with Crippen molar-refractivity contribution in [2.24, 2.45) is 5.10 Å². The fourth-order valence-electron chi connectivity index (χ4n) is 3.85. The SMILES string of the molecule is C/C(=N/Nc1cc(N2CCOCC2)nc(OCCc2ccccn2)n1)c1c[nH]c2ccccc12. The number of H-pyrrole nitrogens is 1. The molecule has 9 nitrogen and oxygen atoms in total. The Morgan fingerprint density at radius 2 is 2.00 bits per heavy atom. The maximum absolute atomic E-state index is 5.91.